The van der Waals surface area contributed by atoms with Gasteiger partial charge in [0, 0.05) is 18.7 Å². The molecule has 7 atom stereocenters. The van der Waals surface area contributed by atoms with Crippen LogP contribution in [0.3, 0.4) is 0 Å². The first kappa shape index (κ1) is 24.3. The first-order valence-corrected chi connectivity index (χ1v) is 15.2. The molecule has 8 rings (SSSR count). The minimum Gasteiger partial charge on any atom is -0.364 e. The Kier molecular flexibility index (Phi) is 4.88. The third-order valence-corrected chi connectivity index (χ3v) is 11.2. The standard InChI is InChI=1S/C36H41NO2/c1-18-11-13-21-20(15-18)12-14-24-25(21)17-28-31(24)32-26-16-27(35(3,4)5)22-9-7-8-10-23(22)30(26)34-33(36(34,38)39-6)29(32)19(2)37-28/h7-10,12,16,18,24,28,31,33-34,38H,11,13-15,17H2,1-6H3. The zero-order chi connectivity index (χ0) is 27.0. The number of nitrogens with zero attached hydrogens (tertiary/aromatic N) is 1. The van der Waals surface area contributed by atoms with E-state index >= 15 is 0 Å². The lowest BCUT2D eigenvalue weighted by atomic mass is 9.67. The molecule has 1 aliphatic heterocycles. The Bertz CT molecular complexity index is 1580. The van der Waals surface area contributed by atoms with Crippen LogP contribution in [0.25, 0.3) is 16.3 Å². The summed E-state index contributed by atoms with van der Waals surface area (Å²) in [6, 6.07) is 11.7. The van der Waals surface area contributed by atoms with Gasteiger partial charge in [-0.05, 0) is 112 Å². The second kappa shape index (κ2) is 7.83. The third-order valence-electron chi connectivity index (χ3n) is 11.2. The van der Waals surface area contributed by atoms with E-state index in [2.05, 4.69) is 71.0 Å². The lowest BCUT2D eigenvalue weighted by Gasteiger charge is -2.38. The number of aliphatic hydroxyl groups is 1. The molecular formula is C36H41NO2. The molecule has 1 heterocycles. The van der Waals surface area contributed by atoms with Crippen LogP contribution in [0.5, 0.6) is 0 Å². The average molecular weight is 520 g/mol. The highest BCUT2D eigenvalue weighted by Gasteiger charge is 2.71. The van der Waals surface area contributed by atoms with Crippen molar-refractivity contribution < 1.29 is 9.84 Å². The van der Waals surface area contributed by atoms with E-state index in [4.69, 9.17) is 9.73 Å². The van der Waals surface area contributed by atoms with Crippen LogP contribution in [0.1, 0.15) is 89.3 Å². The zero-order valence-electron chi connectivity index (χ0n) is 24.3. The van der Waals surface area contributed by atoms with Gasteiger partial charge >= 0.3 is 0 Å². The fourth-order valence-electron chi connectivity index (χ4n) is 9.48. The van der Waals surface area contributed by atoms with Crippen molar-refractivity contribution in [3.05, 3.63) is 75.4 Å². The molecule has 2 aromatic carbocycles. The SMILES string of the molecule is COC1(O)C2C3=C(c4cc(C(C)(C)C)c5ccccc5c4C21)C1C(CC2=C4CCC(C)CC4=CCC21)N=C3C. The van der Waals surface area contributed by atoms with Crippen LogP contribution in [0.15, 0.2) is 63.7 Å². The van der Waals surface area contributed by atoms with Gasteiger partial charge in [-0.15, -0.1) is 0 Å². The van der Waals surface area contributed by atoms with Crippen molar-refractivity contribution in [2.24, 2.45) is 28.7 Å². The molecule has 0 aromatic heterocycles. The summed E-state index contributed by atoms with van der Waals surface area (Å²) in [5.74, 6) is 0.434. The number of benzene rings is 2. The summed E-state index contributed by atoms with van der Waals surface area (Å²) in [7, 11) is 1.68. The van der Waals surface area contributed by atoms with E-state index in [0.29, 0.717) is 17.9 Å². The second-order valence-electron chi connectivity index (χ2n) is 14.4. The number of aliphatic imine (C=N–C) groups is 1. The van der Waals surface area contributed by atoms with Crippen molar-refractivity contribution in [2.75, 3.05) is 7.11 Å². The van der Waals surface area contributed by atoms with E-state index in [9.17, 15) is 5.11 Å². The molecule has 0 spiro atoms. The topological polar surface area (TPSA) is 41.8 Å². The highest BCUT2D eigenvalue weighted by atomic mass is 16.6. The normalized spacial score (nSPS) is 36.4. The molecule has 202 valence electrons. The Labute approximate surface area is 232 Å². The summed E-state index contributed by atoms with van der Waals surface area (Å²) in [5, 5.41) is 14.5. The second-order valence-corrected chi connectivity index (χ2v) is 14.4. The Morgan fingerprint density at radius 3 is 2.56 bits per heavy atom. The Balaban J connectivity index is 1.40. The van der Waals surface area contributed by atoms with Crippen LogP contribution in [0.4, 0.5) is 0 Å². The number of allylic oxidation sites excluding steroid dienone is 3. The van der Waals surface area contributed by atoms with E-state index in [0.717, 1.165) is 24.5 Å². The van der Waals surface area contributed by atoms with Crippen LogP contribution in [-0.2, 0) is 10.2 Å². The molecule has 0 saturated heterocycles. The van der Waals surface area contributed by atoms with Gasteiger partial charge in [0.1, 0.15) is 0 Å². The molecule has 0 bridgehead atoms. The fraction of sp³-hybridized carbons (Fsp3) is 0.528. The highest BCUT2D eigenvalue weighted by Crippen LogP contribution is 2.70. The molecule has 2 aromatic rings. The number of dihydropyridines is 1. The minimum atomic E-state index is -1.17. The minimum absolute atomic E-state index is 0.00853. The highest BCUT2D eigenvalue weighted by molar-refractivity contribution is 6.11. The Morgan fingerprint density at radius 1 is 1.05 bits per heavy atom. The van der Waals surface area contributed by atoms with Crippen LogP contribution in [-0.4, -0.2) is 29.8 Å². The van der Waals surface area contributed by atoms with Crippen LogP contribution < -0.4 is 0 Å². The first-order valence-electron chi connectivity index (χ1n) is 15.2. The third kappa shape index (κ3) is 3.09. The molecule has 0 amide bonds. The number of hydrogen-bond acceptors (Lipinski definition) is 3. The Morgan fingerprint density at radius 2 is 1.82 bits per heavy atom. The van der Waals surface area contributed by atoms with E-state index in [1.54, 1.807) is 23.8 Å². The van der Waals surface area contributed by atoms with E-state index in [-0.39, 0.29) is 17.3 Å². The van der Waals surface area contributed by atoms with Crippen molar-refractivity contribution in [1.29, 1.82) is 0 Å². The van der Waals surface area contributed by atoms with Gasteiger partial charge in [-0.25, -0.2) is 0 Å². The van der Waals surface area contributed by atoms with Gasteiger partial charge in [0.15, 0.2) is 5.79 Å². The maximum atomic E-state index is 11.9. The molecule has 3 nitrogen and oxygen atoms in total. The summed E-state index contributed by atoms with van der Waals surface area (Å²) in [5.41, 5.74) is 13.0. The fourth-order valence-corrected chi connectivity index (χ4v) is 9.48. The molecule has 5 aliphatic carbocycles. The van der Waals surface area contributed by atoms with Gasteiger partial charge in [0.25, 0.3) is 0 Å². The van der Waals surface area contributed by atoms with Crippen molar-refractivity contribution in [2.45, 2.75) is 89.9 Å². The van der Waals surface area contributed by atoms with Gasteiger partial charge in [-0.1, -0.05) is 63.6 Å². The molecule has 7 unspecified atom stereocenters. The van der Waals surface area contributed by atoms with Crippen molar-refractivity contribution in [3.63, 3.8) is 0 Å². The number of hydrogen-bond donors (Lipinski definition) is 1. The molecule has 39 heavy (non-hydrogen) atoms. The summed E-state index contributed by atoms with van der Waals surface area (Å²) in [6.07, 6.45) is 8.60. The Hall–Kier alpha value is -2.49. The van der Waals surface area contributed by atoms with Crippen LogP contribution in [0, 0.1) is 23.7 Å². The number of methoxy groups -OCH3 is 1. The smallest absolute Gasteiger partial charge is 0.180 e. The molecule has 1 N–H and O–H groups in total. The molecule has 0 radical (unpaired) electrons. The van der Waals surface area contributed by atoms with E-state index in [1.165, 1.54) is 57.9 Å². The lowest BCUT2D eigenvalue weighted by molar-refractivity contribution is -0.113. The van der Waals surface area contributed by atoms with E-state index < -0.39 is 5.79 Å². The summed E-state index contributed by atoms with van der Waals surface area (Å²) in [4.78, 5) is 5.42. The van der Waals surface area contributed by atoms with Crippen molar-refractivity contribution >= 4 is 22.1 Å². The number of fused-ring (bicyclic) bond motifs is 12. The maximum Gasteiger partial charge on any atom is 0.180 e. The maximum absolute atomic E-state index is 11.9. The first-order chi connectivity index (χ1) is 18.6. The summed E-state index contributed by atoms with van der Waals surface area (Å²) < 4.78 is 5.94. The van der Waals surface area contributed by atoms with E-state index in [1.807, 2.05) is 0 Å². The molecule has 3 fully saturated rings. The van der Waals surface area contributed by atoms with Crippen LogP contribution >= 0.6 is 0 Å². The number of rotatable bonds is 1. The largest absolute Gasteiger partial charge is 0.364 e. The van der Waals surface area contributed by atoms with Crippen molar-refractivity contribution in [1.82, 2.24) is 0 Å². The van der Waals surface area contributed by atoms with Crippen LogP contribution in [0.2, 0.25) is 0 Å². The predicted molar refractivity (Wildman–Crippen MR) is 159 cm³/mol. The van der Waals surface area contributed by atoms with Gasteiger partial charge in [0.2, 0.25) is 0 Å². The molecule has 3 heteroatoms. The quantitative estimate of drug-likeness (QED) is 0.389. The van der Waals surface area contributed by atoms with Gasteiger partial charge in [0.05, 0.1) is 17.9 Å². The number of ether oxygens (including phenoxy) is 1. The average Bonchev–Trinajstić information content (AvgIpc) is 3.34. The van der Waals surface area contributed by atoms with Gasteiger partial charge < -0.3 is 9.84 Å². The molecule has 3 saturated carbocycles. The summed E-state index contributed by atoms with van der Waals surface area (Å²) >= 11 is 0. The molecular weight excluding hydrogens is 478 g/mol. The zero-order valence-corrected chi connectivity index (χ0v) is 24.3. The van der Waals surface area contributed by atoms with Gasteiger partial charge in [-0.3, -0.25) is 4.99 Å². The summed E-state index contributed by atoms with van der Waals surface area (Å²) in [6.45, 7) is 11.6. The lowest BCUT2D eigenvalue weighted by Crippen LogP contribution is -2.31. The molecule has 6 aliphatic rings. The monoisotopic (exact) mass is 519 g/mol. The van der Waals surface area contributed by atoms with Crippen molar-refractivity contribution in [3.8, 4) is 0 Å². The predicted octanol–water partition coefficient (Wildman–Crippen LogP) is 7.88. The van der Waals surface area contributed by atoms with Gasteiger partial charge in [-0.2, -0.15) is 0 Å².